The summed E-state index contributed by atoms with van der Waals surface area (Å²) in [5.41, 5.74) is 21.1. The average Bonchev–Trinajstić information content (AvgIpc) is 3.18. The Morgan fingerprint density at radius 3 is 1.63 bits per heavy atom. The van der Waals surface area contributed by atoms with E-state index >= 15 is 0 Å². The van der Waals surface area contributed by atoms with Crippen molar-refractivity contribution in [3.8, 4) is 0 Å². The van der Waals surface area contributed by atoms with Gasteiger partial charge in [-0.3, -0.25) is 4.79 Å². The number of fused-ring (bicyclic) bond motifs is 1. The minimum Gasteiger partial charge on any atom is -0.744 e. The molecule has 0 fully saturated rings. The standard InChI is InChI=1S/C29H27N7O.2C7H8O3S/c1-35-14-11-22(12-15-35)32-21-6-3-19(4-7-21)29(37)33-23-8-9-27(25(31)18-23)34-26-13-16-36(2)28-10-5-20(30)17-24(26)28;2*1-6-2-4-7(5-3-6)11(8,9)10/h3-18H,30-31H2,1-2H3,(H,33,37);2*2-5H,1H3,(H,8,9,10). The molecule has 0 radical (unpaired) electrons. The molecule has 2 aromatic heterocycles. The Morgan fingerprint density at radius 2 is 1.10 bits per heavy atom. The summed E-state index contributed by atoms with van der Waals surface area (Å²) in [6, 6.07) is 36.0. The molecule has 59 heavy (non-hydrogen) atoms. The minimum absolute atomic E-state index is 0.178. The summed E-state index contributed by atoms with van der Waals surface area (Å²) in [7, 11) is -4.58. The molecule has 0 bridgehead atoms. The van der Waals surface area contributed by atoms with Crippen LogP contribution in [0.2, 0.25) is 0 Å². The molecule has 0 aliphatic carbocycles. The lowest BCUT2D eigenvalue weighted by molar-refractivity contribution is -0.671. The number of benzene rings is 5. The number of carbonyl (C=O) groups is 1. The number of nitrogens with two attached hydrogens (primary N) is 2. The second-order valence-corrected chi connectivity index (χ2v) is 16.2. The SMILES string of the molecule is C[n+]1ccc(Nc2ccc(C(=O)Nc3ccc(Nc4cc[n+](C)c5ccc(N)cc45)c(N)c3)cc2)cc1.Cc1ccc(S(=O)(=O)[O-])cc1.Cc1ccc(S(=O)(=O)[O-])cc1. The fraction of sp³-hybridized carbons (Fsp3) is 0.0930. The molecule has 7 rings (SSSR count). The van der Waals surface area contributed by atoms with E-state index in [0.717, 1.165) is 44.8 Å². The van der Waals surface area contributed by atoms with Crippen molar-refractivity contribution in [2.45, 2.75) is 23.6 Å². The lowest BCUT2D eigenvalue weighted by Gasteiger charge is -2.13. The third kappa shape index (κ3) is 12.3. The number of nitrogen functional groups attached to an aromatic ring is 2. The van der Waals surface area contributed by atoms with Gasteiger partial charge < -0.3 is 36.5 Å². The zero-order valence-corrected chi connectivity index (χ0v) is 34.2. The Bertz CT molecular complexity index is 2730. The zero-order chi connectivity index (χ0) is 42.9. The first-order valence-electron chi connectivity index (χ1n) is 17.9. The van der Waals surface area contributed by atoms with Crippen LogP contribution < -0.4 is 36.6 Å². The Balaban J connectivity index is 0.000000244. The fourth-order valence-electron chi connectivity index (χ4n) is 5.51. The predicted molar refractivity (Wildman–Crippen MR) is 227 cm³/mol. The number of hydrogen-bond acceptors (Lipinski definition) is 11. The Kier molecular flexibility index (Phi) is 13.6. The number of aromatic nitrogens is 2. The highest BCUT2D eigenvalue weighted by molar-refractivity contribution is 7.86. The molecule has 16 heteroatoms. The van der Waals surface area contributed by atoms with Crippen molar-refractivity contribution in [3.05, 3.63) is 163 Å². The first-order valence-corrected chi connectivity index (χ1v) is 20.7. The molecular weight excluding hydrogens is 791 g/mol. The van der Waals surface area contributed by atoms with Gasteiger partial charge in [-0.1, -0.05) is 35.4 Å². The van der Waals surface area contributed by atoms with Gasteiger partial charge in [-0.15, -0.1) is 0 Å². The summed E-state index contributed by atoms with van der Waals surface area (Å²) in [4.78, 5) is 12.5. The van der Waals surface area contributed by atoms with Gasteiger partial charge in [-0.2, -0.15) is 0 Å². The topological polar surface area (TPSA) is 227 Å². The third-order valence-corrected chi connectivity index (χ3v) is 10.5. The molecule has 0 unspecified atom stereocenters. The van der Waals surface area contributed by atoms with Crippen LogP contribution in [0, 0.1) is 13.8 Å². The molecular formula is C43H43N7O7S2. The lowest BCUT2D eigenvalue weighted by Crippen LogP contribution is -2.28. The zero-order valence-electron chi connectivity index (χ0n) is 32.6. The number of pyridine rings is 2. The van der Waals surface area contributed by atoms with Gasteiger partial charge in [0.1, 0.15) is 34.3 Å². The van der Waals surface area contributed by atoms with E-state index in [0.29, 0.717) is 22.6 Å². The van der Waals surface area contributed by atoms with Crippen LogP contribution in [0.25, 0.3) is 10.9 Å². The molecule has 0 saturated carbocycles. The van der Waals surface area contributed by atoms with E-state index < -0.39 is 20.2 Å². The smallest absolute Gasteiger partial charge is 0.255 e. The Hall–Kier alpha value is -6.85. The quantitative estimate of drug-likeness (QED) is 0.0659. The summed E-state index contributed by atoms with van der Waals surface area (Å²) in [6.07, 6.45) is 5.91. The highest BCUT2D eigenvalue weighted by Crippen LogP contribution is 2.30. The molecule has 14 nitrogen and oxygen atoms in total. The fourth-order valence-corrected chi connectivity index (χ4v) is 6.45. The molecule has 1 amide bonds. The summed E-state index contributed by atoms with van der Waals surface area (Å²) in [6.45, 7) is 3.64. The van der Waals surface area contributed by atoms with Crippen molar-refractivity contribution in [2.24, 2.45) is 14.1 Å². The van der Waals surface area contributed by atoms with Crippen molar-refractivity contribution in [2.75, 3.05) is 27.4 Å². The minimum atomic E-state index is -4.27. The van der Waals surface area contributed by atoms with Crippen LogP contribution in [0.15, 0.2) is 156 Å². The molecule has 2 heterocycles. The van der Waals surface area contributed by atoms with Crippen LogP contribution in [-0.4, -0.2) is 31.8 Å². The summed E-state index contributed by atoms with van der Waals surface area (Å²) >= 11 is 0. The van der Waals surface area contributed by atoms with E-state index in [-0.39, 0.29) is 15.7 Å². The first kappa shape index (κ1) is 43.3. The van der Waals surface area contributed by atoms with E-state index in [1.54, 1.807) is 42.5 Å². The third-order valence-electron chi connectivity index (χ3n) is 8.77. The molecule has 0 aliphatic rings. The largest absolute Gasteiger partial charge is 0.744 e. The second kappa shape index (κ2) is 18.6. The number of carbonyl (C=O) groups excluding carboxylic acids is 1. The van der Waals surface area contributed by atoms with Gasteiger partial charge in [0, 0.05) is 46.9 Å². The molecule has 5 aromatic carbocycles. The van der Waals surface area contributed by atoms with Crippen LogP contribution in [-0.2, 0) is 34.3 Å². The molecule has 0 saturated heterocycles. The number of nitrogens with one attached hydrogen (secondary N) is 3. The predicted octanol–water partition coefficient (Wildman–Crippen LogP) is 6.19. The van der Waals surface area contributed by atoms with Crippen LogP contribution >= 0.6 is 0 Å². The molecule has 0 atom stereocenters. The maximum Gasteiger partial charge on any atom is 0.255 e. The van der Waals surface area contributed by atoms with Gasteiger partial charge in [0.15, 0.2) is 18.6 Å². The maximum atomic E-state index is 12.8. The van der Waals surface area contributed by atoms with Crippen LogP contribution in [0.4, 0.5) is 39.8 Å². The van der Waals surface area contributed by atoms with Gasteiger partial charge in [-0.05, 0) is 92.7 Å². The highest BCUT2D eigenvalue weighted by Gasteiger charge is 2.13. The molecule has 7 aromatic rings. The number of aryl methyl sites for hydroxylation is 4. The van der Waals surface area contributed by atoms with Crippen LogP contribution in [0.5, 0.6) is 0 Å². The molecule has 304 valence electrons. The van der Waals surface area contributed by atoms with Gasteiger partial charge in [0.05, 0.1) is 37.9 Å². The van der Waals surface area contributed by atoms with Gasteiger partial charge in [0.25, 0.3) is 5.91 Å². The number of amides is 1. The van der Waals surface area contributed by atoms with Gasteiger partial charge in [-0.25, -0.2) is 26.0 Å². The van der Waals surface area contributed by atoms with Crippen molar-refractivity contribution >= 4 is 76.9 Å². The molecule has 7 N–H and O–H groups in total. The number of anilines is 7. The second-order valence-electron chi connectivity index (χ2n) is 13.5. The van der Waals surface area contributed by atoms with Gasteiger partial charge >= 0.3 is 0 Å². The van der Waals surface area contributed by atoms with E-state index in [1.165, 1.54) is 24.3 Å². The molecule has 0 spiro atoms. The Labute approximate surface area is 343 Å². The van der Waals surface area contributed by atoms with Gasteiger partial charge in [0.2, 0.25) is 5.52 Å². The first-order chi connectivity index (χ1) is 27.8. The van der Waals surface area contributed by atoms with E-state index in [9.17, 15) is 30.7 Å². The summed E-state index contributed by atoms with van der Waals surface area (Å²) in [5.74, 6) is -0.213. The number of hydrogen-bond donors (Lipinski definition) is 5. The Morgan fingerprint density at radius 1 is 0.576 bits per heavy atom. The summed E-state index contributed by atoms with van der Waals surface area (Å²) in [5, 5.41) is 10.6. The van der Waals surface area contributed by atoms with E-state index in [2.05, 4.69) is 16.0 Å². The van der Waals surface area contributed by atoms with E-state index in [1.807, 2.05) is 116 Å². The average molecular weight is 834 g/mol. The lowest BCUT2D eigenvalue weighted by atomic mass is 10.1. The summed E-state index contributed by atoms with van der Waals surface area (Å²) < 4.78 is 66.3. The van der Waals surface area contributed by atoms with Crippen molar-refractivity contribution in [3.63, 3.8) is 0 Å². The van der Waals surface area contributed by atoms with Crippen molar-refractivity contribution in [1.82, 2.24) is 0 Å². The van der Waals surface area contributed by atoms with Crippen LogP contribution in [0.3, 0.4) is 0 Å². The monoisotopic (exact) mass is 833 g/mol. The van der Waals surface area contributed by atoms with Crippen molar-refractivity contribution in [1.29, 1.82) is 0 Å². The van der Waals surface area contributed by atoms with Crippen molar-refractivity contribution < 1.29 is 39.9 Å². The highest BCUT2D eigenvalue weighted by atomic mass is 32.2. The maximum absolute atomic E-state index is 12.8. The normalized spacial score (nSPS) is 11.0. The van der Waals surface area contributed by atoms with Crippen LogP contribution in [0.1, 0.15) is 21.5 Å². The number of rotatable bonds is 8. The van der Waals surface area contributed by atoms with E-state index in [4.69, 9.17) is 11.5 Å². The number of nitrogens with zero attached hydrogens (tertiary/aromatic N) is 2. The molecule has 0 aliphatic heterocycles.